The summed E-state index contributed by atoms with van der Waals surface area (Å²) in [4.78, 5) is 17.3. The Labute approximate surface area is 111 Å². The fourth-order valence-electron chi connectivity index (χ4n) is 2.02. The molecule has 1 fully saturated rings. The van der Waals surface area contributed by atoms with E-state index in [0.717, 1.165) is 12.2 Å². The van der Waals surface area contributed by atoms with Gasteiger partial charge in [-0.15, -0.1) is 0 Å². The van der Waals surface area contributed by atoms with Crippen molar-refractivity contribution in [2.24, 2.45) is 0 Å². The molecule has 0 aromatic carbocycles. The van der Waals surface area contributed by atoms with E-state index in [1.165, 1.54) is 7.11 Å². The number of aromatic nitrogens is 1. The molecular formula is C13H15N3O3. The molecule has 0 spiro atoms. The number of pyridine rings is 1. The number of esters is 1. The van der Waals surface area contributed by atoms with Gasteiger partial charge < -0.3 is 14.4 Å². The second-order valence-electron chi connectivity index (χ2n) is 4.23. The van der Waals surface area contributed by atoms with Crippen molar-refractivity contribution in [2.75, 3.05) is 31.7 Å². The predicted molar refractivity (Wildman–Crippen MR) is 67.5 cm³/mol. The molecule has 0 bridgehead atoms. The molecule has 0 radical (unpaired) electrons. The molecule has 1 aromatic rings. The van der Waals surface area contributed by atoms with Crippen LogP contribution in [0, 0.1) is 11.3 Å². The van der Waals surface area contributed by atoms with Gasteiger partial charge in [-0.05, 0) is 12.1 Å². The Morgan fingerprint density at radius 1 is 1.74 bits per heavy atom. The van der Waals surface area contributed by atoms with Gasteiger partial charge in [-0.3, -0.25) is 4.79 Å². The van der Waals surface area contributed by atoms with Crippen LogP contribution in [-0.4, -0.2) is 43.9 Å². The molecule has 1 unspecified atom stereocenters. The third kappa shape index (κ3) is 3.42. The standard InChI is InChI=1S/C13H15N3O3/c1-18-13(17)7-12-9-16(4-5-19-12)11-2-3-15-10(6-11)8-14/h2-3,6,12H,4-5,7,9H2,1H3. The average molecular weight is 261 g/mol. The first-order valence-electron chi connectivity index (χ1n) is 6.02. The van der Waals surface area contributed by atoms with E-state index < -0.39 is 0 Å². The number of hydrogen-bond acceptors (Lipinski definition) is 6. The minimum atomic E-state index is -0.278. The van der Waals surface area contributed by atoms with Crippen molar-refractivity contribution in [3.05, 3.63) is 24.0 Å². The summed E-state index contributed by atoms with van der Waals surface area (Å²) < 4.78 is 10.2. The van der Waals surface area contributed by atoms with E-state index in [9.17, 15) is 4.79 Å². The van der Waals surface area contributed by atoms with E-state index >= 15 is 0 Å². The van der Waals surface area contributed by atoms with Crippen LogP contribution in [0.3, 0.4) is 0 Å². The van der Waals surface area contributed by atoms with E-state index in [-0.39, 0.29) is 18.5 Å². The van der Waals surface area contributed by atoms with Gasteiger partial charge in [-0.2, -0.15) is 5.26 Å². The molecule has 1 aromatic heterocycles. The summed E-state index contributed by atoms with van der Waals surface area (Å²) in [5, 5.41) is 8.85. The lowest BCUT2D eigenvalue weighted by Crippen LogP contribution is -2.43. The van der Waals surface area contributed by atoms with Crippen molar-refractivity contribution in [1.82, 2.24) is 4.98 Å². The molecule has 0 saturated carbocycles. The van der Waals surface area contributed by atoms with Gasteiger partial charge in [0, 0.05) is 25.0 Å². The number of carbonyl (C=O) groups excluding carboxylic acids is 1. The summed E-state index contributed by atoms with van der Waals surface area (Å²) in [6, 6.07) is 5.60. The SMILES string of the molecule is COC(=O)CC1CN(c2ccnc(C#N)c2)CCO1. The van der Waals surface area contributed by atoms with E-state index in [4.69, 9.17) is 10.00 Å². The number of ether oxygens (including phenoxy) is 2. The van der Waals surface area contributed by atoms with Gasteiger partial charge in [0.1, 0.15) is 11.8 Å². The number of morpholine rings is 1. The quantitative estimate of drug-likeness (QED) is 0.746. The number of rotatable bonds is 3. The van der Waals surface area contributed by atoms with Crippen LogP contribution in [0.25, 0.3) is 0 Å². The van der Waals surface area contributed by atoms with Crippen molar-refractivity contribution in [1.29, 1.82) is 5.26 Å². The molecular weight excluding hydrogens is 246 g/mol. The first kappa shape index (κ1) is 13.3. The Morgan fingerprint density at radius 2 is 2.58 bits per heavy atom. The van der Waals surface area contributed by atoms with Gasteiger partial charge in [0.2, 0.25) is 0 Å². The number of anilines is 1. The highest BCUT2D eigenvalue weighted by Gasteiger charge is 2.23. The molecule has 0 amide bonds. The van der Waals surface area contributed by atoms with Gasteiger partial charge in [0.15, 0.2) is 0 Å². The van der Waals surface area contributed by atoms with E-state index in [1.54, 1.807) is 12.3 Å². The normalized spacial score (nSPS) is 18.7. The highest BCUT2D eigenvalue weighted by atomic mass is 16.5. The molecule has 100 valence electrons. The maximum absolute atomic E-state index is 11.2. The minimum Gasteiger partial charge on any atom is -0.469 e. The van der Waals surface area contributed by atoms with Crippen LogP contribution in [0.2, 0.25) is 0 Å². The Kier molecular flexibility index (Phi) is 4.31. The lowest BCUT2D eigenvalue weighted by molar-refractivity contribution is -0.144. The highest BCUT2D eigenvalue weighted by molar-refractivity contribution is 5.70. The summed E-state index contributed by atoms with van der Waals surface area (Å²) in [6.07, 6.45) is 1.67. The smallest absolute Gasteiger partial charge is 0.308 e. The van der Waals surface area contributed by atoms with Gasteiger partial charge in [-0.1, -0.05) is 0 Å². The zero-order valence-corrected chi connectivity index (χ0v) is 10.7. The van der Waals surface area contributed by atoms with Crippen molar-refractivity contribution in [2.45, 2.75) is 12.5 Å². The fourth-order valence-corrected chi connectivity index (χ4v) is 2.02. The summed E-state index contributed by atoms with van der Waals surface area (Å²) in [7, 11) is 1.37. The van der Waals surface area contributed by atoms with Gasteiger partial charge in [0.25, 0.3) is 0 Å². The van der Waals surface area contributed by atoms with E-state index in [2.05, 4.69) is 14.6 Å². The zero-order chi connectivity index (χ0) is 13.7. The first-order chi connectivity index (χ1) is 9.22. The van der Waals surface area contributed by atoms with Crippen LogP contribution in [-0.2, 0) is 14.3 Å². The maximum Gasteiger partial charge on any atom is 0.308 e. The molecule has 1 aliphatic heterocycles. The minimum absolute atomic E-state index is 0.181. The fraction of sp³-hybridized carbons (Fsp3) is 0.462. The third-order valence-electron chi connectivity index (χ3n) is 2.98. The lowest BCUT2D eigenvalue weighted by atomic mass is 10.2. The van der Waals surface area contributed by atoms with Crippen LogP contribution in [0.15, 0.2) is 18.3 Å². The Morgan fingerprint density at radius 3 is 3.32 bits per heavy atom. The van der Waals surface area contributed by atoms with Crippen molar-refractivity contribution in [3.8, 4) is 6.07 Å². The Bertz CT molecular complexity index is 498. The maximum atomic E-state index is 11.2. The number of methoxy groups -OCH3 is 1. The van der Waals surface area contributed by atoms with Crippen LogP contribution < -0.4 is 4.90 Å². The van der Waals surface area contributed by atoms with Crippen LogP contribution in [0.4, 0.5) is 5.69 Å². The molecule has 0 aliphatic carbocycles. The number of carbonyl (C=O) groups is 1. The van der Waals surface area contributed by atoms with E-state index in [1.807, 2.05) is 12.1 Å². The third-order valence-corrected chi connectivity index (χ3v) is 2.98. The molecule has 6 nitrogen and oxygen atoms in total. The van der Waals surface area contributed by atoms with Crippen molar-refractivity contribution in [3.63, 3.8) is 0 Å². The largest absolute Gasteiger partial charge is 0.469 e. The van der Waals surface area contributed by atoms with Crippen molar-refractivity contribution < 1.29 is 14.3 Å². The zero-order valence-electron chi connectivity index (χ0n) is 10.7. The Hall–Kier alpha value is -2.13. The molecule has 2 heterocycles. The summed E-state index contributed by atoms with van der Waals surface area (Å²) in [6.45, 7) is 1.88. The summed E-state index contributed by atoms with van der Waals surface area (Å²) in [5.41, 5.74) is 1.30. The van der Waals surface area contributed by atoms with Gasteiger partial charge in [-0.25, -0.2) is 4.98 Å². The average Bonchev–Trinajstić information content (AvgIpc) is 2.47. The van der Waals surface area contributed by atoms with Gasteiger partial charge in [0.05, 0.1) is 26.2 Å². The topological polar surface area (TPSA) is 75.5 Å². The van der Waals surface area contributed by atoms with Crippen LogP contribution in [0.1, 0.15) is 12.1 Å². The summed E-state index contributed by atoms with van der Waals surface area (Å²) in [5.74, 6) is -0.278. The van der Waals surface area contributed by atoms with Crippen LogP contribution in [0.5, 0.6) is 0 Å². The molecule has 19 heavy (non-hydrogen) atoms. The molecule has 6 heteroatoms. The Balaban J connectivity index is 2.04. The number of nitriles is 1. The summed E-state index contributed by atoms with van der Waals surface area (Å²) >= 11 is 0. The predicted octanol–water partition coefficient (Wildman–Crippen LogP) is 0.722. The second kappa shape index (κ2) is 6.16. The second-order valence-corrected chi connectivity index (χ2v) is 4.23. The van der Waals surface area contributed by atoms with Crippen molar-refractivity contribution >= 4 is 11.7 Å². The molecule has 1 aliphatic rings. The molecule has 0 N–H and O–H groups in total. The molecule has 2 rings (SSSR count). The van der Waals surface area contributed by atoms with Crippen LogP contribution >= 0.6 is 0 Å². The highest BCUT2D eigenvalue weighted by Crippen LogP contribution is 2.19. The first-order valence-corrected chi connectivity index (χ1v) is 6.02. The monoisotopic (exact) mass is 261 g/mol. The molecule has 1 atom stereocenters. The lowest BCUT2D eigenvalue weighted by Gasteiger charge is -2.34. The number of nitrogens with zero attached hydrogens (tertiary/aromatic N) is 3. The van der Waals surface area contributed by atoms with Gasteiger partial charge >= 0.3 is 5.97 Å². The number of hydrogen-bond donors (Lipinski definition) is 0. The van der Waals surface area contributed by atoms with E-state index in [0.29, 0.717) is 18.8 Å². The molecule has 1 saturated heterocycles.